The minimum Gasteiger partial charge on any atom is -0.743 e. The molecule has 0 aliphatic rings. The normalized spacial score (nSPS) is 15.5. The maximum absolute atomic E-state index is 12.9. The van der Waals surface area contributed by atoms with Crippen molar-refractivity contribution in [2.75, 3.05) is 6.61 Å². The number of nitrogens with two attached hydrogens (primary N) is 1. The Bertz CT molecular complexity index is 631. The van der Waals surface area contributed by atoms with Crippen LogP contribution >= 0.6 is 0 Å². The highest BCUT2D eigenvalue weighted by Gasteiger charge is 2.66. The molecule has 0 heterocycles. The van der Waals surface area contributed by atoms with Crippen LogP contribution in [0, 0.1) is 0 Å². The van der Waals surface area contributed by atoms with Gasteiger partial charge >= 0.3 is 29.1 Å². The highest BCUT2D eigenvalue weighted by atomic mass is 32.2. The summed E-state index contributed by atoms with van der Waals surface area (Å²) in [7, 11) is -6.25. The molecule has 0 aromatic rings. The van der Waals surface area contributed by atoms with Crippen LogP contribution in [0.1, 0.15) is 6.42 Å². The van der Waals surface area contributed by atoms with Gasteiger partial charge in [0.15, 0.2) is 10.1 Å². The summed E-state index contributed by atoms with van der Waals surface area (Å²) in [6.07, 6.45) is -8.10. The lowest BCUT2D eigenvalue weighted by Gasteiger charge is -2.32. The molecule has 24 heavy (non-hydrogen) atoms. The first-order chi connectivity index (χ1) is 10.5. The van der Waals surface area contributed by atoms with E-state index >= 15 is 0 Å². The molecule has 0 saturated carbocycles. The van der Waals surface area contributed by atoms with Gasteiger partial charge in [-0.05, 0) is 0 Å². The van der Waals surface area contributed by atoms with Crippen LogP contribution in [0.25, 0.3) is 0 Å². The summed E-state index contributed by atoms with van der Waals surface area (Å²) in [6, 6.07) is 0. The monoisotopic (exact) mass is 388 g/mol. The quantitative estimate of drug-likeness (QED) is 0.208. The molecule has 0 saturated heterocycles. The Balaban J connectivity index is 5.55. The maximum Gasteiger partial charge on any atom is 0.466 e. The summed E-state index contributed by atoms with van der Waals surface area (Å²) in [5, 5.41) is -5.06. The van der Waals surface area contributed by atoms with E-state index in [1.807, 2.05) is 0 Å². The average Bonchev–Trinajstić information content (AvgIpc) is 2.33. The third-order valence-corrected chi connectivity index (χ3v) is 3.16. The predicted molar refractivity (Wildman–Crippen MR) is 59.5 cm³/mol. The maximum atomic E-state index is 12.9. The lowest BCUT2D eigenvalue weighted by molar-refractivity contribution is -0.347. The van der Waals surface area contributed by atoms with Crippen LogP contribution in [-0.2, 0) is 29.2 Å². The molecule has 0 radical (unpaired) electrons. The fourth-order valence-corrected chi connectivity index (χ4v) is 1.39. The molecule has 0 aromatic carbocycles. The van der Waals surface area contributed by atoms with E-state index in [0.717, 1.165) is 0 Å². The van der Waals surface area contributed by atoms with E-state index in [0.29, 0.717) is 0 Å². The number of alkyl halides is 5. The van der Waals surface area contributed by atoms with Gasteiger partial charge in [0.2, 0.25) is 5.83 Å². The summed E-state index contributed by atoms with van der Waals surface area (Å²) in [5.74, 6) is -11.9. The molecule has 0 rings (SSSR count). The Labute approximate surface area is 129 Å². The third-order valence-electron chi connectivity index (χ3n) is 2.22. The van der Waals surface area contributed by atoms with Gasteiger partial charge in [-0.25, -0.2) is 13.2 Å². The minimum atomic E-state index is -6.25. The summed E-state index contributed by atoms with van der Waals surface area (Å²) < 4.78 is 114. The van der Waals surface area contributed by atoms with Crippen molar-refractivity contribution in [3.63, 3.8) is 0 Å². The summed E-state index contributed by atoms with van der Waals surface area (Å²) in [4.78, 5) is 21.8. The van der Waals surface area contributed by atoms with E-state index < -0.39 is 58.1 Å². The molecule has 0 aromatic heterocycles. The van der Waals surface area contributed by atoms with Gasteiger partial charge in [-0.3, -0.25) is 4.79 Å². The Kier molecular flexibility index (Phi) is 6.40. The van der Waals surface area contributed by atoms with Gasteiger partial charge in [-0.1, -0.05) is 6.58 Å². The lowest BCUT2D eigenvalue weighted by Crippen LogP contribution is -2.60. The van der Waals surface area contributed by atoms with E-state index in [1.54, 1.807) is 0 Å². The lowest BCUT2D eigenvalue weighted by atomic mass is 10.2. The highest BCUT2D eigenvalue weighted by Crippen LogP contribution is 2.36. The van der Waals surface area contributed by atoms with Crippen molar-refractivity contribution in [1.82, 2.24) is 0 Å². The second-order valence-electron chi connectivity index (χ2n) is 3.96. The average molecular weight is 388 g/mol. The van der Waals surface area contributed by atoms with Crippen molar-refractivity contribution in [3.05, 3.63) is 12.4 Å². The van der Waals surface area contributed by atoms with E-state index in [1.165, 1.54) is 0 Å². The molecule has 1 atom stereocenters. The van der Waals surface area contributed by atoms with Gasteiger partial charge in [-0.2, -0.15) is 26.3 Å². The largest absolute Gasteiger partial charge is 0.743 e. The van der Waals surface area contributed by atoms with Crippen molar-refractivity contribution < 1.29 is 58.4 Å². The number of esters is 1. The molecule has 0 bridgehead atoms. The molecule has 2 N–H and O–H groups in total. The molecule has 140 valence electrons. The molecule has 1 amide bonds. The first-order valence-corrected chi connectivity index (χ1v) is 6.80. The first-order valence-electron chi connectivity index (χ1n) is 5.39. The number of rotatable bonds is 8. The number of amides is 1. The van der Waals surface area contributed by atoms with Crippen molar-refractivity contribution in [2.45, 2.75) is 23.6 Å². The van der Waals surface area contributed by atoms with Gasteiger partial charge < -0.3 is 19.8 Å². The summed E-state index contributed by atoms with van der Waals surface area (Å²) in [5.41, 5.74) is 4.36. The molecule has 0 aliphatic carbocycles. The van der Waals surface area contributed by atoms with Gasteiger partial charge in [0.05, 0.1) is 6.61 Å². The number of carbonyl (C=O) groups excluding carboxylic acids is 2. The predicted octanol–water partition coefficient (Wildman–Crippen LogP) is 0.301. The highest BCUT2D eigenvalue weighted by molar-refractivity contribution is 7.86. The van der Waals surface area contributed by atoms with Crippen LogP contribution < -0.4 is 5.73 Å². The van der Waals surface area contributed by atoms with Crippen molar-refractivity contribution in [1.29, 1.82) is 0 Å². The molecule has 1 unspecified atom stereocenters. The summed E-state index contributed by atoms with van der Waals surface area (Å²) in [6.45, 7) is 0.348. The van der Waals surface area contributed by atoms with E-state index in [4.69, 9.17) is 0 Å². The number of carbonyl (C=O) groups is 2. The number of hydrogen-bond donors (Lipinski definition) is 1. The van der Waals surface area contributed by atoms with Crippen LogP contribution in [0.3, 0.4) is 0 Å². The van der Waals surface area contributed by atoms with Crippen LogP contribution in [0.4, 0.5) is 26.3 Å². The van der Waals surface area contributed by atoms with Crippen molar-refractivity contribution in [2.24, 2.45) is 5.73 Å². The van der Waals surface area contributed by atoms with Crippen LogP contribution in [0.2, 0.25) is 0 Å². The number of primary amides is 1. The number of hydrogen-bond acceptors (Lipinski definition) is 7. The molecule has 0 aliphatic heterocycles. The van der Waals surface area contributed by atoms with Crippen molar-refractivity contribution >= 4 is 22.0 Å². The first kappa shape index (κ1) is 22.1. The minimum absolute atomic E-state index is 1.93. The molecule has 0 fully saturated rings. The van der Waals surface area contributed by atoms with Crippen LogP contribution in [0.5, 0.6) is 0 Å². The second-order valence-corrected chi connectivity index (χ2v) is 5.47. The topological polar surface area (TPSA) is 136 Å². The van der Waals surface area contributed by atoms with Gasteiger partial charge in [0.1, 0.15) is 0 Å². The zero-order valence-corrected chi connectivity index (χ0v) is 12.0. The standard InChI is InChI=1S/C9H9F6NO7S/c1-4(10)5(17)23-8(6(16)18,9(13,14)15)22-3-2-7(11,12)24(19,20)21/h1-3H2,(H2,16,18)(H,19,20,21)/p-1. The Morgan fingerprint density at radius 1 is 1.17 bits per heavy atom. The summed E-state index contributed by atoms with van der Waals surface area (Å²) >= 11 is 0. The number of halogens is 6. The van der Waals surface area contributed by atoms with Gasteiger partial charge in [0, 0.05) is 6.42 Å². The van der Waals surface area contributed by atoms with Crippen LogP contribution in [0.15, 0.2) is 12.4 Å². The molecule has 15 heteroatoms. The third kappa shape index (κ3) is 4.81. The molecule has 0 spiro atoms. The SMILES string of the molecule is C=C(F)C(=O)OC(OCCC(F)(F)S(=O)(=O)[O-])(C(N)=O)C(F)(F)F. The Morgan fingerprint density at radius 3 is 1.92 bits per heavy atom. The Hall–Kier alpha value is -1.87. The van der Waals surface area contributed by atoms with E-state index in [9.17, 15) is 48.9 Å². The fraction of sp³-hybridized carbons (Fsp3) is 0.556. The Morgan fingerprint density at radius 2 is 1.62 bits per heavy atom. The smallest absolute Gasteiger partial charge is 0.466 e. The van der Waals surface area contributed by atoms with Gasteiger partial charge in [0.25, 0.3) is 0 Å². The molecular formula is C9H8F6NO7S-. The fourth-order valence-electron chi connectivity index (χ4n) is 1.05. The zero-order valence-electron chi connectivity index (χ0n) is 11.2. The number of ether oxygens (including phenoxy) is 2. The van der Waals surface area contributed by atoms with E-state index in [2.05, 4.69) is 21.8 Å². The molecular weight excluding hydrogens is 380 g/mol. The zero-order chi connectivity index (χ0) is 19.6. The van der Waals surface area contributed by atoms with Gasteiger partial charge in [-0.15, -0.1) is 0 Å². The second kappa shape index (κ2) is 6.94. The molecule has 8 nitrogen and oxygen atoms in total. The van der Waals surface area contributed by atoms with Crippen molar-refractivity contribution in [3.8, 4) is 0 Å². The van der Waals surface area contributed by atoms with E-state index in [-0.39, 0.29) is 0 Å². The van der Waals surface area contributed by atoms with Crippen LogP contribution in [-0.4, -0.2) is 48.7 Å².